The molecule has 1 aromatic heterocycles. The Morgan fingerprint density at radius 1 is 0.963 bits per heavy atom. The Morgan fingerprint density at radius 3 is 2.44 bits per heavy atom. The summed E-state index contributed by atoms with van der Waals surface area (Å²) in [6.45, 7) is -0.436. The molecule has 7 nitrogen and oxygen atoms in total. The van der Waals surface area contributed by atoms with E-state index in [1.807, 2.05) is 48.5 Å². The Labute approximate surface area is 153 Å². The third-order valence-electron chi connectivity index (χ3n) is 4.17. The summed E-state index contributed by atoms with van der Waals surface area (Å²) in [6.07, 6.45) is 0. The van der Waals surface area contributed by atoms with E-state index in [2.05, 4.69) is 15.5 Å². The van der Waals surface area contributed by atoms with Crippen LogP contribution in [0.3, 0.4) is 0 Å². The van der Waals surface area contributed by atoms with Crippen molar-refractivity contribution in [3.8, 4) is 5.75 Å². The summed E-state index contributed by atoms with van der Waals surface area (Å²) in [4.78, 5) is 23.5. The molecule has 0 radical (unpaired) electrons. The second kappa shape index (κ2) is 6.80. The van der Waals surface area contributed by atoms with Gasteiger partial charge in [0.25, 0.3) is 5.91 Å². The smallest absolute Gasteiger partial charge is 0.341 e. The Hall–Kier alpha value is -3.87. The molecule has 7 heteroatoms. The van der Waals surface area contributed by atoms with E-state index >= 15 is 0 Å². The number of nitrogens with one attached hydrogen (secondary N) is 2. The molecule has 134 valence electrons. The number of carboxylic acids is 1. The monoisotopic (exact) mass is 361 g/mol. The number of carboxylic acid groups (broad SMARTS) is 1. The lowest BCUT2D eigenvalue weighted by Gasteiger charge is -2.12. The summed E-state index contributed by atoms with van der Waals surface area (Å²) in [5, 5.41) is 20.8. The molecular weight excluding hydrogens is 346 g/mol. The van der Waals surface area contributed by atoms with Gasteiger partial charge in [0, 0.05) is 21.8 Å². The second-order valence-electron chi connectivity index (χ2n) is 5.91. The van der Waals surface area contributed by atoms with Gasteiger partial charge in [0.05, 0.1) is 5.52 Å². The van der Waals surface area contributed by atoms with Gasteiger partial charge in [-0.2, -0.15) is 5.10 Å². The normalized spacial score (nSPS) is 10.8. The highest BCUT2D eigenvalue weighted by Crippen LogP contribution is 2.32. The maximum atomic E-state index is 12.7. The predicted molar refractivity (Wildman–Crippen MR) is 101 cm³/mol. The number of aromatic nitrogens is 2. The van der Waals surface area contributed by atoms with Gasteiger partial charge in [-0.15, -0.1) is 0 Å². The molecule has 0 atom stereocenters. The number of H-pyrrole nitrogens is 1. The number of ether oxygens (including phenoxy) is 1. The van der Waals surface area contributed by atoms with Crippen LogP contribution in [0.15, 0.2) is 60.7 Å². The van der Waals surface area contributed by atoms with Gasteiger partial charge in [-0.1, -0.05) is 42.5 Å². The lowest BCUT2D eigenvalue weighted by atomic mass is 10.1. The molecule has 1 amide bonds. The number of benzene rings is 3. The number of aromatic amines is 1. The van der Waals surface area contributed by atoms with Gasteiger partial charge in [-0.25, -0.2) is 4.79 Å². The van der Waals surface area contributed by atoms with Crippen LogP contribution in [0.2, 0.25) is 0 Å². The summed E-state index contributed by atoms with van der Waals surface area (Å²) in [7, 11) is 0. The first kappa shape index (κ1) is 16.6. The first-order valence-corrected chi connectivity index (χ1v) is 8.24. The number of anilines is 1. The maximum absolute atomic E-state index is 12.7. The highest BCUT2D eigenvalue weighted by Gasteiger charge is 2.16. The van der Waals surface area contributed by atoms with Crippen molar-refractivity contribution in [2.75, 3.05) is 11.9 Å². The number of rotatable bonds is 5. The van der Waals surface area contributed by atoms with E-state index in [0.29, 0.717) is 22.5 Å². The molecule has 0 bridgehead atoms. The van der Waals surface area contributed by atoms with Crippen LogP contribution >= 0.6 is 0 Å². The number of hydrogen-bond donors (Lipinski definition) is 3. The zero-order chi connectivity index (χ0) is 18.8. The number of para-hydroxylation sites is 1. The van der Waals surface area contributed by atoms with Crippen molar-refractivity contribution in [2.24, 2.45) is 0 Å². The molecule has 1 heterocycles. The molecule has 0 spiro atoms. The summed E-state index contributed by atoms with van der Waals surface area (Å²) in [5.74, 6) is -0.949. The van der Waals surface area contributed by atoms with E-state index in [0.717, 1.165) is 16.3 Å². The topological polar surface area (TPSA) is 104 Å². The number of nitrogens with zero attached hydrogens (tertiary/aromatic N) is 1. The fourth-order valence-electron chi connectivity index (χ4n) is 2.96. The Balaban J connectivity index is 1.69. The van der Waals surface area contributed by atoms with Gasteiger partial charge in [0.2, 0.25) is 0 Å². The van der Waals surface area contributed by atoms with Crippen LogP contribution < -0.4 is 10.1 Å². The number of carbonyl (C=O) groups is 2. The van der Waals surface area contributed by atoms with Gasteiger partial charge in [-0.05, 0) is 18.2 Å². The zero-order valence-electron chi connectivity index (χ0n) is 14.1. The van der Waals surface area contributed by atoms with Crippen LogP contribution in [0.25, 0.3) is 21.7 Å². The average Bonchev–Trinajstić information content (AvgIpc) is 3.11. The molecular formula is C20H15N3O4. The van der Waals surface area contributed by atoms with Crippen molar-refractivity contribution in [3.63, 3.8) is 0 Å². The van der Waals surface area contributed by atoms with Gasteiger partial charge in [0.1, 0.15) is 5.75 Å². The molecule has 3 aromatic carbocycles. The molecule has 0 saturated carbocycles. The zero-order valence-corrected chi connectivity index (χ0v) is 14.1. The van der Waals surface area contributed by atoms with Gasteiger partial charge in [0.15, 0.2) is 12.3 Å². The largest absolute Gasteiger partial charge is 0.481 e. The van der Waals surface area contributed by atoms with Gasteiger partial charge in [-0.3, -0.25) is 9.89 Å². The maximum Gasteiger partial charge on any atom is 0.341 e. The molecule has 27 heavy (non-hydrogen) atoms. The molecule has 0 saturated heterocycles. The third-order valence-corrected chi connectivity index (χ3v) is 4.17. The first-order chi connectivity index (χ1) is 13.1. The van der Waals surface area contributed by atoms with Crippen molar-refractivity contribution in [3.05, 3.63) is 66.4 Å². The van der Waals surface area contributed by atoms with Crippen molar-refractivity contribution >= 4 is 39.2 Å². The minimum absolute atomic E-state index is 0.306. The SMILES string of the molecule is O=C(O)COc1ccc(NC(=O)c2n[nH]c3ccccc23)c2ccccc12. The van der Waals surface area contributed by atoms with Crippen molar-refractivity contribution in [1.82, 2.24) is 10.2 Å². The lowest BCUT2D eigenvalue weighted by Crippen LogP contribution is -2.13. The number of carbonyl (C=O) groups excluding carboxylic acids is 1. The van der Waals surface area contributed by atoms with Crippen LogP contribution in [-0.4, -0.2) is 33.8 Å². The molecule has 0 fully saturated rings. The van der Waals surface area contributed by atoms with Crippen molar-refractivity contribution in [1.29, 1.82) is 0 Å². The van der Waals surface area contributed by atoms with Gasteiger partial charge >= 0.3 is 5.97 Å². The van der Waals surface area contributed by atoms with Crippen molar-refractivity contribution in [2.45, 2.75) is 0 Å². The molecule has 0 aliphatic carbocycles. The average molecular weight is 361 g/mol. The molecule has 3 N–H and O–H groups in total. The molecule has 0 aliphatic rings. The highest BCUT2D eigenvalue weighted by molar-refractivity contribution is 6.14. The van der Waals surface area contributed by atoms with Crippen LogP contribution in [0.1, 0.15) is 10.5 Å². The Bertz CT molecular complexity index is 1170. The third kappa shape index (κ3) is 3.18. The van der Waals surface area contributed by atoms with E-state index in [1.54, 1.807) is 12.1 Å². The molecule has 0 aliphatic heterocycles. The number of aliphatic carboxylic acids is 1. The minimum atomic E-state index is -1.05. The Morgan fingerprint density at radius 2 is 1.67 bits per heavy atom. The summed E-state index contributed by atoms with van der Waals surface area (Å²) in [5.41, 5.74) is 1.68. The van der Waals surface area contributed by atoms with Crippen LogP contribution in [-0.2, 0) is 4.79 Å². The van der Waals surface area contributed by atoms with Crippen LogP contribution in [0, 0.1) is 0 Å². The molecule has 4 rings (SSSR count). The van der Waals surface area contributed by atoms with Crippen LogP contribution in [0.4, 0.5) is 5.69 Å². The molecule has 4 aromatic rings. The number of fused-ring (bicyclic) bond motifs is 2. The standard InChI is InChI=1S/C20H15N3O4/c24-18(25)11-27-17-10-9-15(12-5-1-2-6-13(12)17)21-20(26)19-14-7-3-4-8-16(14)22-23-19/h1-10H,11H2,(H,21,26)(H,22,23)(H,24,25). The fraction of sp³-hybridized carbons (Fsp3) is 0.0500. The van der Waals surface area contributed by atoms with Crippen LogP contribution in [0.5, 0.6) is 5.75 Å². The fourth-order valence-corrected chi connectivity index (χ4v) is 2.96. The van der Waals surface area contributed by atoms with E-state index in [-0.39, 0.29) is 5.91 Å². The summed E-state index contributed by atoms with van der Waals surface area (Å²) < 4.78 is 5.34. The summed E-state index contributed by atoms with van der Waals surface area (Å²) >= 11 is 0. The summed E-state index contributed by atoms with van der Waals surface area (Å²) in [6, 6.07) is 18.0. The van der Waals surface area contributed by atoms with E-state index in [9.17, 15) is 9.59 Å². The van der Waals surface area contributed by atoms with E-state index in [1.165, 1.54) is 0 Å². The molecule has 0 unspecified atom stereocenters. The van der Waals surface area contributed by atoms with E-state index in [4.69, 9.17) is 9.84 Å². The van der Waals surface area contributed by atoms with E-state index < -0.39 is 12.6 Å². The first-order valence-electron chi connectivity index (χ1n) is 8.24. The van der Waals surface area contributed by atoms with Crippen molar-refractivity contribution < 1.29 is 19.4 Å². The number of amides is 1. The predicted octanol–water partition coefficient (Wildman–Crippen LogP) is 3.43. The van der Waals surface area contributed by atoms with Gasteiger partial charge < -0.3 is 15.2 Å². The quantitative estimate of drug-likeness (QED) is 0.505. The number of hydrogen-bond acceptors (Lipinski definition) is 4. The minimum Gasteiger partial charge on any atom is -0.481 e. The second-order valence-corrected chi connectivity index (χ2v) is 5.91. The highest BCUT2D eigenvalue weighted by atomic mass is 16.5. The lowest BCUT2D eigenvalue weighted by molar-refractivity contribution is -0.139. The Kier molecular flexibility index (Phi) is 4.18.